The van der Waals surface area contributed by atoms with Gasteiger partial charge in [0.2, 0.25) is 5.95 Å². The third-order valence-corrected chi connectivity index (χ3v) is 9.69. The molecule has 0 spiro atoms. The zero-order valence-electron chi connectivity index (χ0n) is 29.7. The second-order valence-electron chi connectivity index (χ2n) is 12.1. The number of likely N-dealkylation sites (tertiary alicyclic amines) is 1. The molecule has 2 atom stereocenters. The normalized spacial score (nSPS) is 15.1. The molecule has 1 aromatic heterocycles. The van der Waals surface area contributed by atoms with E-state index >= 15 is 0 Å². The lowest BCUT2D eigenvalue weighted by molar-refractivity contribution is -0.134. The van der Waals surface area contributed by atoms with Crippen LogP contribution in [-0.2, 0) is 24.7 Å². The van der Waals surface area contributed by atoms with Gasteiger partial charge in [-0.25, -0.2) is 19.4 Å². The molecule has 4 N–H and O–H groups in total. The fourth-order valence-corrected chi connectivity index (χ4v) is 6.63. The van der Waals surface area contributed by atoms with E-state index in [1.165, 1.54) is 37.0 Å². The molecule has 2 unspecified atom stereocenters. The minimum absolute atomic E-state index is 0.374. The molecule has 6 rings (SSSR count). The monoisotopic (exact) mass is 758 g/mol. The Labute approximate surface area is 318 Å². The molecule has 0 radical (unpaired) electrons. The lowest BCUT2D eigenvalue weighted by atomic mass is 9.88. The summed E-state index contributed by atoms with van der Waals surface area (Å²) < 4.78 is 11.0. The van der Waals surface area contributed by atoms with Gasteiger partial charge in [-0.3, -0.25) is 5.32 Å². The number of hydrogen-bond donors (Lipinski definition) is 4. The number of aromatic nitrogens is 2. The quantitative estimate of drug-likeness (QED) is 0.0962. The zero-order valence-corrected chi connectivity index (χ0v) is 31.3. The van der Waals surface area contributed by atoms with Gasteiger partial charge < -0.3 is 29.6 Å². The number of nitrogens with one attached hydrogen (secondary N) is 2. The molecule has 5 aromatic rings. The number of hydrogen-bond acceptors (Lipinski definition) is 8. The maximum Gasteiger partial charge on any atom is 0.413 e. The second kappa shape index (κ2) is 20.2. The highest BCUT2D eigenvalue weighted by atomic mass is 35.5. The van der Waals surface area contributed by atoms with Crippen LogP contribution < -0.4 is 5.32 Å². The van der Waals surface area contributed by atoms with Crippen LogP contribution in [-0.4, -0.2) is 76.5 Å². The molecule has 0 saturated carbocycles. The first kappa shape index (κ1) is 40.6. The van der Waals surface area contributed by atoms with E-state index in [9.17, 15) is 14.4 Å². The fraction of sp³-hybridized carbons (Fsp3) is 0.250. The maximum absolute atomic E-state index is 11.2. The number of carbonyl (C=O) groups excluding carboxylic acids is 1. The van der Waals surface area contributed by atoms with E-state index in [0.29, 0.717) is 24.1 Å². The molecule has 13 heteroatoms. The number of anilines is 1. The lowest BCUT2D eigenvalue weighted by Gasteiger charge is -2.32. The van der Waals surface area contributed by atoms with Crippen LogP contribution >= 0.6 is 23.4 Å². The molecule has 1 fully saturated rings. The number of benzene rings is 4. The largest absolute Gasteiger partial charge is 0.478 e. The van der Waals surface area contributed by atoms with Gasteiger partial charge in [0.25, 0.3) is 0 Å². The van der Waals surface area contributed by atoms with Gasteiger partial charge in [0.1, 0.15) is 5.60 Å². The van der Waals surface area contributed by atoms with Gasteiger partial charge in [-0.05, 0) is 93.4 Å². The standard InChI is InChI=1S/C21H26ClNO.C15H13N3O2S.C4H4O4/c1-21(17-7-4-3-5-8-17,18-10-12-19(22)13-11-18)24-16-14-20-9-6-15-23(20)2;1-20-15(19)18-14-16-12-8-7-11(9-13(12)17-14)21-10-5-3-2-4-6-10;5-3(6)1-2-4(7)8/h3-5,7-8,10-13,20H,6,9,14-16H2,1-2H3;2-9H,1H3,(H2,16,17,18,19);1-2H,(H,5,6)(H,7,8). The van der Waals surface area contributed by atoms with Crippen LogP contribution in [0.3, 0.4) is 0 Å². The number of aromatic amines is 1. The number of halogens is 1. The highest BCUT2D eigenvalue weighted by Gasteiger charge is 2.31. The minimum Gasteiger partial charge on any atom is -0.478 e. The van der Waals surface area contributed by atoms with Gasteiger partial charge in [0.05, 0.1) is 18.1 Å². The van der Waals surface area contributed by atoms with E-state index in [0.717, 1.165) is 39.5 Å². The molecule has 1 saturated heterocycles. The van der Waals surface area contributed by atoms with Gasteiger partial charge in [0.15, 0.2) is 0 Å². The molecule has 0 aliphatic carbocycles. The van der Waals surface area contributed by atoms with E-state index < -0.39 is 23.6 Å². The molecule has 4 aromatic carbocycles. The average molecular weight is 759 g/mol. The molecular weight excluding hydrogens is 716 g/mol. The number of methoxy groups -OCH3 is 1. The summed E-state index contributed by atoms with van der Waals surface area (Å²) in [5.74, 6) is -2.14. The van der Waals surface area contributed by atoms with Gasteiger partial charge in [0, 0.05) is 39.6 Å². The predicted octanol–water partition coefficient (Wildman–Crippen LogP) is 8.71. The van der Waals surface area contributed by atoms with Crippen molar-refractivity contribution < 1.29 is 34.1 Å². The number of carboxylic acid groups (broad SMARTS) is 2. The topological polar surface area (TPSA) is 154 Å². The summed E-state index contributed by atoms with van der Waals surface area (Å²) in [6, 6.07) is 35.2. The summed E-state index contributed by atoms with van der Waals surface area (Å²) in [5, 5.41) is 18.9. The number of carboxylic acids is 2. The van der Waals surface area contributed by atoms with E-state index in [2.05, 4.69) is 87.4 Å². The van der Waals surface area contributed by atoms with Gasteiger partial charge >= 0.3 is 18.0 Å². The Balaban J connectivity index is 0.000000198. The van der Waals surface area contributed by atoms with Crippen LogP contribution in [0.1, 0.15) is 37.3 Å². The third-order valence-electron chi connectivity index (χ3n) is 8.44. The molecule has 278 valence electrons. The maximum atomic E-state index is 11.2. The number of fused-ring (bicyclic) bond motifs is 1. The Morgan fingerprint density at radius 3 is 2.15 bits per heavy atom. The summed E-state index contributed by atoms with van der Waals surface area (Å²) in [4.78, 5) is 42.3. The predicted molar refractivity (Wildman–Crippen MR) is 208 cm³/mol. The number of imidazole rings is 1. The Morgan fingerprint density at radius 1 is 0.943 bits per heavy atom. The molecule has 1 amide bonds. The Morgan fingerprint density at radius 2 is 1.57 bits per heavy atom. The van der Waals surface area contributed by atoms with Crippen molar-refractivity contribution in [3.8, 4) is 0 Å². The number of aliphatic carboxylic acids is 2. The highest BCUT2D eigenvalue weighted by molar-refractivity contribution is 7.99. The molecule has 0 bridgehead atoms. The summed E-state index contributed by atoms with van der Waals surface area (Å²) in [6.45, 7) is 4.12. The van der Waals surface area contributed by atoms with Crippen LogP contribution in [0, 0.1) is 0 Å². The number of ether oxygens (including phenoxy) is 2. The van der Waals surface area contributed by atoms with Crippen LogP contribution in [0.15, 0.2) is 125 Å². The van der Waals surface area contributed by atoms with Crippen LogP contribution in [0.25, 0.3) is 11.0 Å². The number of amides is 1. The smallest absolute Gasteiger partial charge is 0.413 e. The number of H-pyrrole nitrogens is 1. The van der Waals surface area contributed by atoms with E-state index in [-0.39, 0.29) is 0 Å². The first-order valence-corrected chi connectivity index (χ1v) is 18.0. The summed E-state index contributed by atoms with van der Waals surface area (Å²) in [5.41, 5.74) is 3.51. The van der Waals surface area contributed by atoms with E-state index in [1.807, 2.05) is 54.6 Å². The van der Waals surface area contributed by atoms with E-state index in [4.69, 9.17) is 26.6 Å². The van der Waals surface area contributed by atoms with E-state index in [1.54, 1.807) is 11.8 Å². The average Bonchev–Trinajstić information content (AvgIpc) is 3.76. The molecule has 53 heavy (non-hydrogen) atoms. The van der Waals surface area contributed by atoms with Crippen molar-refractivity contribution in [1.29, 1.82) is 0 Å². The van der Waals surface area contributed by atoms with Crippen molar-refractivity contribution in [3.63, 3.8) is 0 Å². The fourth-order valence-electron chi connectivity index (χ4n) is 5.63. The van der Waals surface area contributed by atoms with Crippen molar-refractivity contribution in [2.45, 2.75) is 47.6 Å². The Kier molecular flexibility index (Phi) is 15.5. The third kappa shape index (κ3) is 12.8. The summed E-state index contributed by atoms with van der Waals surface area (Å²) in [7, 11) is 3.53. The van der Waals surface area contributed by atoms with Crippen LogP contribution in [0.2, 0.25) is 5.02 Å². The molecule has 1 aliphatic heterocycles. The minimum atomic E-state index is -1.26. The Bertz CT molecular complexity index is 1940. The first-order valence-electron chi connectivity index (χ1n) is 16.8. The first-order chi connectivity index (χ1) is 25.5. The molecule has 2 heterocycles. The zero-order chi connectivity index (χ0) is 38.2. The van der Waals surface area contributed by atoms with Crippen molar-refractivity contribution in [3.05, 3.63) is 131 Å². The molecular formula is C40H43ClN4O7S. The van der Waals surface area contributed by atoms with Crippen LogP contribution in [0.5, 0.6) is 0 Å². The van der Waals surface area contributed by atoms with Crippen molar-refractivity contribution in [1.82, 2.24) is 14.9 Å². The number of carbonyl (C=O) groups is 3. The summed E-state index contributed by atoms with van der Waals surface area (Å²) >= 11 is 7.74. The van der Waals surface area contributed by atoms with Crippen LogP contribution in [0.4, 0.5) is 10.7 Å². The van der Waals surface area contributed by atoms with Gasteiger partial charge in [-0.15, -0.1) is 0 Å². The van der Waals surface area contributed by atoms with Crippen molar-refractivity contribution in [2.75, 3.05) is 32.6 Å². The lowest BCUT2D eigenvalue weighted by Crippen LogP contribution is -2.31. The summed E-state index contributed by atoms with van der Waals surface area (Å²) in [6.07, 6.45) is 4.22. The molecule has 1 aliphatic rings. The van der Waals surface area contributed by atoms with Crippen molar-refractivity contribution in [2.24, 2.45) is 0 Å². The second-order valence-corrected chi connectivity index (χ2v) is 13.7. The van der Waals surface area contributed by atoms with Crippen molar-refractivity contribution >= 4 is 58.4 Å². The molecule has 11 nitrogen and oxygen atoms in total. The Hall–Kier alpha value is -5.14. The van der Waals surface area contributed by atoms with Gasteiger partial charge in [-0.2, -0.15) is 0 Å². The van der Waals surface area contributed by atoms with Gasteiger partial charge in [-0.1, -0.05) is 84.0 Å². The highest BCUT2D eigenvalue weighted by Crippen LogP contribution is 2.35. The number of nitrogens with zero attached hydrogens (tertiary/aromatic N) is 2. The number of rotatable bonds is 11. The SMILES string of the molecule is CN1CCCC1CCOC(C)(c1ccccc1)c1ccc(Cl)cc1.COC(=O)Nc1nc2ccc(Sc3ccccc3)cc2[nH]1.O=C(O)C=CC(=O)O.